The number of carbonyl (C=O) groups is 1. The molecule has 1 aliphatic rings. The molecule has 2 aromatic heterocycles. The van der Waals surface area contributed by atoms with Gasteiger partial charge >= 0.3 is 0 Å². The van der Waals surface area contributed by atoms with E-state index in [1.807, 2.05) is 0 Å². The monoisotopic (exact) mass is 331 g/mol. The van der Waals surface area contributed by atoms with Crippen LogP contribution in [0.4, 0.5) is 5.00 Å². The molecule has 1 amide bonds. The van der Waals surface area contributed by atoms with Crippen molar-refractivity contribution in [1.29, 1.82) is 5.26 Å². The second-order valence-electron chi connectivity index (χ2n) is 5.46. The van der Waals surface area contributed by atoms with Gasteiger partial charge in [0, 0.05) is 11.1 Å². The molecule has 1 N–H and O–H groups in total. The van der Waals surface area contributed by atoms with E-state index in [0.717, 1.165) is 24.8 Å². The number of thiophene rings is 1. The van der Waals surface area contributed by atoms with E-state index in [-0.39, 0.29) is 11.1 Å². The van der Waals surface area contributed by atoms with Gasteiger partial charge in [0.2, 0.25) is 0 Å². The average Bonchev–Trinajstić information content (AvgIpc) is 2.83. The van der Waals surface area contributed by atoms with Gasteiger partial charge in [-0.1, -0.05) is 18.5 Å². The summed E-state index contributed by atoms with van der Waals surface area (Å²) >= 11 is 7.45. The van der Waals surface area contributed by atoms with Gasteiger partial charge in [0.25, 0.3) is 5.91 Å². The number of pyridine rings is 1. The molecule has 0 aromatic carbocycles. The Labute approximate surface area is 137 Å². The fourth-order valence-corrected chi connectivity index (χ4v) is 4.24. The largest absolute Gasteiger partial charge is 0.312 e. The Morgan fingerprint density at radius 2 is 2.41 bits per heavy atom. The maximum atomic E-state index is 12.3. The Morgan fingerprint density at radius 3 is 3.14 bits per heavy atom. The van der Waals surface area contributed by atoms with Crippen molar-refractivity contribution in [2.24, 2.45) is 5.92 Å². The van der Waals surface area contributed by atoms with Crippen LogP contribution in [0.2, 0.25) is 5.15 Å². The summed E-state index contributed by atoms with van der Waals surface area (Å²) in [5, 5.41) is 13.0. The molecular formula is C16H14ClN3OS. The summed E-state index contributed by atoms with van der Waals surface area (Å²) in [7, 11) is 0. The molecule has 1 unspecified atom stereocenters. The Hall–Kier alpha value is -1.90. The van der Waals surface area contributed by atoms with Crippen LogP contribution in [-0.4, -0.2) is 10.9 Å². The number of carbonyl (C=O) groups excluding carboxylic acids is 1. The number of nitriles is 1. The summed E-state index contributed by atoms with van der Waals surface area (Å²) in [6.07, 6.45) is 4.49. The Balaban J connectivity index is 1.92. The van der Waals surface area contributed by atoms with Crippen LogP contribution in [0.1, 0.15) is 39.7 Å². The van der Waals surface area contributed by atoms with E-state index in [9.17, 15) is 10.1 Å². The summed E-state index contributed by atoms with van der Waals surface area (Å²) < 4.78 is 0. The van der Waals surface area contributed by atoms with Gasteiger partial charge in [-0.3, -0.25) is 4.79 Å². The molecule has 0 aliphatic heterocycles. The lowest BCUT2D eigenvalue weighted by molar-refractivity contribution is 0.102. The number of nitrogens with one attached hydrogen (secondary N) is 1. The first-order chi connectivity index (χ1) is 10.6. The average molecular weight is 332 g/mol. The predicted octanol–water partition coefficient (Wildman–Crippen LogP) is 4.05. The number of hydrogen-bond acceptors (Lipinski definition) is 4. The number of nitrogens with zero attached hydrogens (tertiary/aromatic N) is 2. The van der Waals surface area contributed by atoms with Crippen LogP contribution in [-0.2, 0) is 12.8 Å². The Bertz CT molecular complexity index is 778. The SMILES string of the molecule is CC1CCc2c(sc(NC(=O)c3cccnc3Cl)c2C#N)C1. The van der Waals surface area contributed by atoms with Crippen molar-refractivity contribution < 1.29 is 4.79 Å². The molecule has 0 bridgehead atoms. The highest BCUT2D eigenvalue weighted by molar-refractivity contribution is 7.16. The zero-order valence-electron chi connectivity index (χ0n) is 12.0. The van der Waals surface area contributed by atoms with Gasteiger partial charge in [0.05, 0.1) is 11.1 Å². The van der Waals surface area contributed by atoms with Gasteiger partial charge in [-0.15, -0.1) is 11.3 Å². The van der Waals surface area contributed by atoms with Gasteiger partial charge < -0.3 is 5.32 Å². The molecule has 4 nitrogen and oxygen atoms in total. The molecule has 0 fully saturated rings. The highest BCUT2D eigenvalue weighted by Gasteiger charge is 2.25. The quantitative estimate of drug-likeness (QED) is 0.844. The number of hydrogen-bond donors (Lipinski definition) is 1. The number of amides is 1. The van der Waals surface area contributed by atoms with Crippen LogP contribution in [0.25, 0.3) is 0 Å². The zero-order valence-corrected chi connectivity index (χ0v) is 13.6. The fraction of sp³-hybridized carbons (Fsp3) is 0.312. The van der Waals surface area contributed by atoms with Gasteiger partial charge in [-0.05, 0) is 42.9 Å². The van der Waals surface area contributed by atoms with Crippen molar-refractivity contribution in [2.75, 3.05) is 5.32 Å². The molecule has 2 aromatic rings. The first-order valence-electron chi connectivity index (χ1n) is 7.06. The van der Waals surface area contributed by atoms with Gasteiger partial charge in [-0.25, -0.2) is 4.98 Å². The molecule has 3 rings (SSSR count). The maximum Gasteiger partial charge on any atom is 0.259 e. The molecule has 1 atom stereocenters. The minimum absolute atomic E-state index is 0.161. The highest BCUT2D eigenvalue weighted by atomic mass is 35.5. The summed E-state index contributed by atoms with van der Waals surface area (Å²) in [6.45, 7) is 2.21. The van der Waals surface area contributed by atoms with E-state index in [1.54, 1.807) is 12.1 Å². The molecule has 2 heterocycles. The number of aromatic nitrogens is 1. The van der Waals surface area contributed by atoms with Crippen LogP contribution in [0.15, 0.2) is 18.3 Å². The maximum absolute atomic E-state index is 12.3. The van der Waals surface area contributed by atoms with Gasteiger partial charge in [0.15, 0.2) is 0 Å². The summed E-state index contributed by atoms with van der Waals surface area (Å²) in [5.41, 5.74) is 2.01. The molecule has 0 saturated heterocycles. The third kappa shape index (κ3) is 2.72. The predicted molar refractivity (Wildman–Crippen MR) is 87.4 cm³/mol. The number of anilines is 1. The smallest absolute Gasteiger partial charge is 0.259 e. The van der Waals surface area contributed by atoms with Crippen LogP contribution < -0.4 is 5.32 Å². The Kier molecular flexibility index (Phi) is 4.14. The van der Waals surface area contributed by atoms with Crippen molar-refractivity contribution in [3.63, 3.8) is 0 Å². The molecular weight excluding hydrogens is 318 g/mol. The summed E-state index contributed by atoms with van der Waals surface area (Å²) in [6, 6.07) is 5.51. The molecule has 22 heavy (non-hydrogen) atoms. The molecule has 1 aliphatic carbocycles. The molecule has 0 saturated carbocycles. The Morgan fingerprint density at radius 1 is 1.59 bits per heavy atom. The second-order valence-corrected chi connectivity index (χ2v) is 6.93. The third-order valence-corrected chi connectivity index (χ3v) is 5.33. The van der Waals surface area contributed by atoms with E-state index < -0.39 is 0 Å². The van der Waals surface area contributed by atoms with Crippen LogP contribution in [0, 0.1) is 17.2 Å². The molecule has 6 heteroatoms. The van der Waals surface area contributed by atoms with Crippen LogP contribution in [0.5, 0.6) is 0 Å². The molecule has 0 radical (unpaired) electrons. The number of fused-ring (bicyclic) bond motifs is 1. The van der Waals surface area contributed by atoms with E-state index in [0.29, 0.717) is 22.0 Å². The minimum Gasteiger partial charge on any atom is -0.312 e. The third-order valence-electron chi connectivity index (χ3n) is 3.85. The normalized spacial score (nSPS) is 16.7. The first kappa shape index (κ1) is 15.0. The van der Waals surface area contributed by atoms with Gasteiger partial charge in [-0.2, -0.15) is 5.26 Å². The van der Waals surface area contributed by atoms with Gasteiger partial charge in [0.1, 0.15) is 16.2 Å². The zero-order chi connectivity index (χ0) is 15.7. The summed E-state index contributed by atoms with van der Waals surface area (Å²) in [5.74, 6) is 0.287. The van der Waals surface area contributed by atoms with Crippen LogP contribution in [0.3, 0.4) is 0 Å². The lowest BCUT2D eigenvalue weighted by atomic mass is 9.88. The van der Waals surface area contributed by atoms with Crippen molar-refractivity contribution in [2.45, 2.75) is 26.2 Å². The highest BCUT2D eigenvalue weighted by Crippen LogP contribution is 2.39. The van der Waals surface area contributed by atoms with Crippen molar-refractivity contribution in [3.05, 3.63) is 45.1 Å². The number of halogens is 1. The standard InChI is InChI=1S/C16H14ClN3OS/c1-9-4-5-10-12(8-18)16(22-13(10)7-9)20-15(21)11-3-2-6-19-14(11)17/h2-3,6,9H,4-5,7H2,1H3,(H,20,21). The van der Waals surface area contributed by atoms with Crippen LogP contribution >= 0.6 is 22.9 Å². The lowest BCUT2D eigenvalue weighted by Gasteiger charge is -2.17. The minimum atomic E-state index is -0.332. The van der Waals surface area contributed by atoms with E-state index in [1.165, 1.54) is 22.4 Å². The first-order valence-corrected chi connectivity index (χ1v) is 8.26. The topological polar surface area (TPSA) is 65.8 Å². The van der Waals surface area contributed by atoms with E-state index in [4.69, 9.17) is 11.6 Å². The summed E-state index contributed by atoms with van der Waals surface area (Å²) in [4.78, 5) is 17.5. The second kappa shape index (κ2) is 6.07. The molecule has 0 spiro atoms. The lowest BCUT2D eigenvalue weighted by Crippen LogP contribution is -2.13. The van der Waals surface area contributed by atoms with E-state index >= 15 is 0 Å². The fourth-order valence-electron chi connectivity index (χ4n) is 2.68. The number of rotatable bonds is 2. The van der Waals surface area contributed by atoms with Crippen molar-refractivity contribution >= 4 is 33.8 Å². The van der Waals surface area contributed by atoms with Crippen molar-refractivity contribution in [3.8, 4) is 6.07 Å². The van der Waals surface area contributed by atoms with Crippen molar-refractivity contribution in [1.82, 2.24) is 4.98 Å². The van der Waals surface area contributed by atoms with E-state index in [2.05, 4.69) is 23.3 Å². The molecule has 112 valence electrons.